The largest absolute Gasteiger partial charge is 0.497 e. The molecule has 0 bridgehead atoms. The van der Waals surface area contributed by atoms with E-state index in [4.69, 9.17) is 4.74 Å². The highest BCUT2D eigenvalue weighted by Crippen LogP contribution is 2.31. The summed E-state index contributed by atoms with van der Waals surface area (Å²) in [6.07, 6.45) is 1.00. The van der Waals surface area contributed by atoms with Crippen molar-refractivity contribution in [1.29, 1.82) is 0 Å². The molecule has 4 nitrogen and oxygen atoms in total. The summed E-state index contributed by atoms with van der Waals surface area (Å²) >= 11 is 0. The highest BCUT2D eigenvalue weighted by Gasteiger charge is 2.26. The minimum Gasteiger partial charge on any atom is -0.497 e. The molecule has 1 heterocycles. The number of hydrogen-bond acceptors (Lipinski definition) is 3. The van der Waals surface area contributed by atoms with Crippen LogP contribution in [0.3, 0.4) is 0 Å². The van der Waals surface area contributed by atoms with Crippen LogP contribution < -0.4 is 15.0 Å². The number of amides is 1. The number of nitrogens with one attached hydrogen (secondary N) is 1. The molecule has 23 heavy (non-hydrogen) atoms. The zero-order chi connectivity index (χ0) is 16.2. The number of anilines is 1. The number of methoxy groups -OCH3 is 1. The first-order valence-electron chi connectivity index (χ1n) is 7.91. The Labute approximate surface area is 137 Å². The molecule has 0 radical (unpaired) electrons. The summed E-state index contributed by atoms with van der Waals surface area (Å²) in [4.78, 5) is 14.5. The number of hydrogen-bond donors (Lipinski definition) is 1. The Morgan fingerprint density at radius 1 is 1.22 bits per heavy atom. The summed E-state index contributed by atoms with van der Waals surface area (Å²) in [7, 11) is 1.64. The van der Waals surface area contributed by atoms with Gasteiger partial charge in [0.15, 0.2) is 0 Å². The van der Waals surface area contributed by atoms with Gasteiger partial charge in [0.05, 0.1) is 13.7 Å². The quantitative estimate of drug-likeness (QED) is 0.923. The van der Waals surface area contributed by atoms with Crippen molar-refractivity contribution < 1.29 is 9.53 Å². The number of para-hydroxylation sites is 1. The van der Waals surface area contributed by atoms with Crippen LogP contribution in [0.5, 0.6) is 5.75 Å². The number of fused-ring (bicyclic) bond motifs is 1. The van der Waals surface area contributed by atoms with E-state index in [1.807, 2.05) is 30.3 Å². The first-order chi connectivity index (χ1) is 11.2. The SMILES string of the molecule is COc1ccc(CNC(=O)CN2c3ccccc3C[C@@H]2C)cc1. The Bertz CT molecular complexity index is 682. The van der Waals surface area contributed by atoms with Crippen LogP contribution in [-0.4, -0.2) is 25.6 Å². The summed E-state index contributed by atoms with van der Waals surface area (Å²) in [5.41, 5.74) is 3.57. The Kier molecular flexibility index (Phi) is 4.51. The molecule has 1 amide bonds. The van der Waals surface area contributed by atoms with Crippen molar-refractivity contribution in [1.82, 2.24) is 5.32 Å². The maximum atomic E-state index is 12.3. The molecule has 0 fully saturated rings. The van der Waals surface area contributed by atoms with Crippen LogP contribution in [0.4, 0.5) is 5.69 Å². The van der Waals surface area contributed by atoms with Crippen molar-refractivity contribution in [3.63, 3.8) is 0 Å². The highest BCUT2D eigenvalue weighted by atomic mass is 16.5. The normalized spacial score (nSPS) is 16.1. The molecule has 1 atom stereocenters. The number of ether oxygens (including phenoxy) is 1. The fraction of sp³-hybridized carbons (Fsp3) is 0.316. The molecule has 0 spiro atoms. The zero-order valence-corrected chi connectivity index (χ0v) is 13.6. The third kappa shape index (κ3) is 3.47. The Morgan fingerprint density at radius 2 is 1.96 bits per heavy atom. The van der Waals surface area contributed by atoms with E-state index in [0.29, 0.717) is 19.1 Å². The first kappa shape index (κ1) is 15.4. The van der Waals surface area contributed by atoms with Crippen molar-refractivity contribution in [3.8, 4) is 5.75 Å². The first-order valence-corrected chi connectivity index (χ1v) is 7.91. The minimum atomic E-state index is 0.0457. The smallest absolute Gasteiger partial charge is 0.239 e. The van der Waals surface area contributed by atoms with Crippen molar-refractivity contribution in [2.24, 2.45) is 0 Å². The van der Waals surface area contributed by atoms with Gasteiger partial charge in [0.2, 0.25) is 5.91 Å². The van der Waals surface area contributed by atoms with E-state index >= 15 is 0 Å². The van der Waals surface area contributed by atoms with Crippen LogP contribution >= 0.6 is 0 Å². The second kappa shape index (κ2) is 6.73. The molecule has 0 aromatic heterocycles. The van der Waals surface area contributed by atoms with Gasteiger partial charge in [-0.1, -0.05) is 30.3 Å². The van der Waals surface area contributed by atoms with Crippen LogP contribution in [0.2, 0.25) is 0 Å². The van der Waals surface area contributed by atoms with Crippen molar-refractivity contribution in [3.05, 3.63) is 59.7 Å². The van der Waals surface area contributed by atoms with Crippen LogP contribution in [0.15, 0.2) is 48.5 Å². The molecule has 2 aromatic rings. The lowest BCUT2D eigenvalue weighted by Crippen LogP contribution is -2.39. The summed E-state index contributed by atoms with van der Waals surface area (Å²) < 4.78 is 5.13. The third-order valence-corrected chi connectivity index (χ3v) is 4.31. The molecule has 4 heteroatoms. The van der Waals surface area contributed by atoms with Gasteiger partial charge in [-0.2, -0.15) is 0 Å². The summed E-state index contributed by atoms with van der Waals surface area (Å²) in [6, 6.07) is 16.4. The van der Waals surface area contributed by atoms with Crippen LogP contribution in [0.1, 0.15) is 18.1 Å². The van der Waals surface area contributed by atoms with E-state index in [0.717, 1.165) is 17.7 Å². The molecule has 1 N–H and O–H groups in total. The van der Waals surface area contributed by atoms with E-state index in [2.05, 4.69) is 35.3 Å². The Balaban J connectivity index is 1.57. The van der Waals surface area contributed by atoms with Crippen molar-refractivity contribution in [2.75, 3.05) is 18.6 Å². The lowest BCUT2D eigenvalue weighted by Gasteiger charge is -2.24. The maximum absolute atomic E-state index is 12.3. The van der Waals surface area contributed by atoms with Gasteiger partial charge in [0, 0.05) is 18.3 Å². The minimum absolute atomic E-state index is 0.0457. The van der Waals surface area contributed by atoms with Gasteiger partial charge < -0.3 is 15.0 Å². The van der Waals surface area contributed by atoms with Crippen LogP contribution in [-0.2, 0) is 17.8 Å². The number of nitrogens with zero attached hydrogens (tertiary/aromatic N) is 1. The second-order valence-electron chi connectivity index (χ2n) is 5.93. The summed E-state index contributed by atoms with van der Waals surface area (Å²) in [5, 5.41) is 2.99. The number of benzene rings is 2. The molecule has 0 saturated heterocycles. The van der Waals surface area contributed by atoms with Crippen LogP contribution in [0, 0.1) is 0 Å². The van der Waals surface area contributed by atoms with Gasteiger partial charge >= 0.3 is 0 Å². The fourth-order valence-electron chi connectivity index (χ4n) is 3.03. The molecular formula is C19H22N2O2. The van der Waals surface area contributed by atoms with E-state index in [1.165, 1.54) is 11.3 Å². The molecule has 0 aliphatic carbocycles. The number of rotatable bonds is 5. The van der Waals surface area contributed by atoms with Crippen LogP contribution in [0.25, 0.3) is 0 Å². The van der Waals surface area contributed by atoms with Gasteiger partial charge in [-0.05, 0) is 42.7 Å². The second-order valence-corrected chi connectivity index (χ2v) is 5.93. The predicted molar refractivity (Wildman–Crippen MR) is 91.8 cm³/mol. The molecule has 120 valence electrons. The van der Waals surface area contributed by atoms with Gasteiger partial charge in [0.1, 0.15) is 5.75 Å². The maximum Gasteiger partial charge on any atom is 0.239 e. The van der Waals surface area contributed by atoms with E-state index < -0.39 is 0 Å². The molecule has 1 aliphatic heterocycles. The molecule has 1 aliphatic rings. The van der Waals surface area contributed by atoms with E-state index in [9.17, 15) is 4.79 Å². The highest BCUT2D eigenvalue weighted by molar-refractivity contribution is 5.82. The lowest BCUT2D eigenvalue weighted by molar-refractivity contribution is -0.120. The number of carbonyl (C=O) groups is 1. The predicted octanol–water partition coefficient (Wildman–Crippen LogP) is 2.76. The molecule has 0 unspecified atom stereocenters. The molecule has 3 rings (SSSR count). The summed E-state index contributed by atoms with van der Waals surface area (Å²) in [5.74, 6) is 0.868. The van der Waals surface area contributed by atoms with E-state index in [1.54, 1.807) is 7.11 Å². The van der Waals surface area contributed by atoms with Gasteiger partial charge in [-0.3, -0.25) is 4.79 Å². The zero-order valence-electron chi connectivity index (χ0n) is 13.6. The Hall–Kier alpha value is -2.49. The average Bonchev–Trinajstić information content (AvgIpc) is 2.89. The number of carbonyl (C=O) groups excluding carboxylic acids is 1. The lowest BCUT2D eigenvalue weighted by atomic mass is 10.1. The molecule has 2 aromatic carbocycles. The van der Waals surface area contributed by atoms with Gasteiger partial charge in [-0.15, -0.1) is 0 Å². The third-order valence-electron chi connectivity index (χ3n) is 4.31. The molecule has 0 saturated carbocycles. The van der Waals surface area contributed by atoms with E-state index in [-0.39, 0.29) is 5.91 Å². The fourth-order valence-corrected chi connectivity index (χ4v) is 3.03. The molecular weight excluding hydrogens is 288 g/mol. The monoisotopic (exact) mass is 310 g/mol. The Morgan fingerprint density at radius 3 is 2.70 bits per heavy atom. The average molecular weight is 310 g/mol. The standard InChI is InChI=1S/C19H22N2O2/c1-14-11-16-5-3-4-6-18(16)21(14)13-19(22)20-12-15-7-9-17(23-2)10-8-15/h3-10,14H,11-13H2,1-2H3,(H,20,22)/t14-/m0/s1. The summed E-state index contributed by atoms with van der Waals surface area (Å²) in [6.45, 7) is 3.10. The van der Waals surface area contributed by atoms with Gasteiger partial charge in [0.25, 0.3) is 0 Å². The van der Waals surface area contributed by atoms with Crippen molar-refractivity contribution in [2.45, 2.75) is 25.9 Å². The van der Waals surface area contributed by atoms with Gasteiger partial charge in [-0.25, -0.2) is 0 Å². The topological polar surface area (TPSA) is 41.6 Å². The van der Waals surface area contributed by atoms with Crippen molar-refractivity contribution >= 4 is 11.6 Å².